The Balaban J connectivity index is 1.39. The number of amides is 1. The number of rotatable bonds is 6. The van der Waals surface area contributed by atoms with Crippen LogP contribution in [0, 0.1) is 0 Å². The molecule has 1 amide bonds. The van der Waals surface area contributed by atoms with Gasteiger partial charge in [-0.3, -0.25) is 4.79 Å². The molecule has 3 aromatic heterocycles. The van der Waals surface area contributed by atoms with Gasteiger partial charge in [-0.15, -0.1) is 0 Å². The molecule has 0 spiro atoms. The molecule has 4 aromatic rings. The van der Waals surface area contributed by atoms with Crippen LogP contribution in [0.4, 0.5) is 0 Å². The quantitative estimate of drug-likeness (QED) is 0.531. The summed E-state index contributed by atoms with van der Waals surface area (Å²) in [6, 6.07) is 12.0. The van der Waals surface area contributed by atoms with Gasteiger partial charge < -0.3 is 5.32 Å². The average molecular weight is 400 g/mol. The Kier molecular flexibility index (Phi) is 4.58. The molecule has 1 fully saturated rings. The molecule has 30 heavy (non-hydrogen) atoms. The van der Waals surface area contributed by atoms with Gasteiger partial charge in [0.05, 0.1) is 29.0 Å². The summed E-state index contributed by atoms with van der Waals surface area (Å²) in [5.41, 5.74) is 4.35. The van der Waals surface area contributed by atoms with E-state index in [1.807, 2.05) is 52.0 Å². The zero-order valence-electron chi connectivity index (χ0n) is 17.1. The maximum absolute atomic E-state index is 13.1. The molecule has 7 nitrogen and oxygen atoms in total. The van der Waals surface area contributed by atoms with Gasteiger partial charge in [0, 0.05) is 36.0 Å². The lowest BCUT2D eigenvalue weighted by atomic mass is 10.1. The van der Waals surface area contributed by atoms with Gasteiger partial charge in [0.1, 0.15) is 0 Å². The number of nitrogens with one attached hydrogen (secondary N) is 1. The lowest BCUT2D eigenvalue weighted by molar-refractivity contribution is 0.0952. The van der Waals surface area contributed by atoms with Crippen LogP contribution < -0.4 is 5.32 Å². The Morgan fingerprint density at radius 2 is 1.97 bits per heavy atom. The fraction of sp³-hybridized carbons (Fsp3) is 0.304. The van der Waals surface area contributed by atoms with Crippen molar-refractivity contribution in [2.45, 2.75) is 45.2 Å². The Labute approximate surface area is 174 Å². The molecule has 1 N–H and O–H groups in total. The number of carbonyl (C=O) groups excluding carboxylic acids is 1. The van der Waals surface area contributed by atoms with Crippen molar-refractivity contribution in [3.8, 4) is 5.69 Å². The van der Waals surface area contributed by atoms with E-state index in [1.165, 1.54) is 0 Å². The Morgan fingerprint density at radius 3 is 2.70 bits per heavy atom. The first kappa shape index (κ1) is 18.5. The number of carbonyl (C=O) groups is 1. The van der Waals surface area contributed by atoms with E-state index in [0.29, 0.717) is 18.0 Å². The standard InChI is InChI=1S/C23H24N6O/c1-15(2)29-22-20(13-26-29)19(10-21(27-22)17-8-9-17)23(30)24-11-16-12-25-28(14-16)18-6-4-3-5-7-18/h3-7,10,12-15,17H,8-9,11H2,1-2H3,(H,24,30). The highest BCUT2D eigenvalue weighted by Gasteiger charge is 2.28. The minimum absolute atomic E-state index is 0.111. The normalized spacial score (nSPS) is 13.8. The number of pyridine rings is 1. The molecule has 7 heteroatoms. The second-order valence-corrected chi connectivity index (χ2v) is 8.10. The SMILES string of the molecule is CC(C)n1ncc2c(C(=O)NCc3cnn(-c4ccccc4)c3)cc(C3CC3)nc21. The first-order valence-electron chi connectivity index (χ1n) is 10.4. The number of hydrogen-bond donors (Lipinski definition) is 1. The molecule has 5 rings (SSSR count). The summed E-state index contributed by atoms with van der Waals surface area (Å²) in [6.07, 6.45) is 7.73. The molecule has 1 aliphatic carbocycles. The van der Waals surface area contributed by atoms with Crippen LogP contribution in [0.2, 0.25) is 0 Å². The molecule has 152 valence electrons. The maximum atomic E-state index is 13.1. The molecule has 1 aromatic carbocycles. The van der Waals surface area contributed by atoms with E-state index < -0.39 is 0 Å². The van der Waals surface area contributed by atoms with E-state index >= 15 is 0 Å². The highest BCUT2D eigenvalue weighted by molar-refractivity contribution is 6.05. The summed E-state index contributed by atoms with van der Waals surface area (Å²) in [7, 11) is 0. The summed E-state index contributed by atoms with van der Waals surface area (Å²) < 4.78 is 3.70. The summed E-state index contributed by atoms with van der Waals surface area (Å²) in [5.74, 6) is 0.348. The van der Waals surface area contributed by atoms with Crippen molar-refractivity contribution in [2.75, 3.05) is 0 Å². The van der Waals surface area contributed by atoms with Gasteiger partial charge >= 0.3 is 0 Å². The smallest absolute Gasteiger partial charge is 0.252 e. The average Bonchev–Trinajstić information content (AvgIpc) is 3.34. The monoisotopic (exact) mass is 400 g/mol. The van der Waals surface area contributed by atoms with Crippen molar-refractivity contribution in [1.29, 1.82) is 0 Å². The second kappa shape index (κ2) is 7.40. The number of para-hydroxylation sites is 1. The number of aromatic nitrogens is 5. The van der Waals surface area contributed by atoms with Gasteiger partial charge in [-0.2, -0.15) is 10.2 Å². The topological polar surface area (TPSA) is 77.6 Å². The number of nitrogens with zero attached hydrogens (tertiary/aromatic N) is 5. The Hall–Kier alpha value is -3.48. The minimum Gasteiger partial charge on any atom is -0.348 e. The van der Waals surface area contributed by atoms with Crippen LogP contribution in [-0.4, -0.2) is 30.5 Å². The van der Waals surface area contributed by atoms with E-state index in [-0.39, 0.29) is 11.9 Å². The van der Waals surface area contributed by atoms with Crippen LogP contribution in [0.1, 0.15) is 60.3 Å². The molecule has 0 atom stereocenters. The summed E-state index contributed by atoms with van der Waals surface area (Å²) in [4.78, 5) is 17.9. The van der Waals surface area contributed by atoms with Crippen LogP contribution >= 0.6 is 0 Å². The first-order chi connectivity index (χ1) is 14.6. The van der Waals surface area contributed by atoms with Crippen LogP contribution in [0.15, 0.2) is 55.0 Å². The molecule has 3 heterocycles. The molecule has 0 bridgehead atoms. The molecular formula is C23H24N6O. The van der Waals surface area contributed by atoms with Crippen molar-refractivity contribution in [2.24, 2.45) is 0 Å². The highest BCUT2D eigenvalue weighted by atomic mass is 16.1. The van der Waals surface area contributed by atoms with Crippen LogP contribution in [0.25, 0.3) is 16.7 Å². The van der Waals surface area contributed by atoms with Crippen molar-refractivity contribution in [3.63, 3.8) is 0 Å². The molecule has 0 aliphatic heterocycles. The zero-order valence-corrected chi connectivity index (χ0v) is 17.1. The van der Waals surface area contributed by atoms with Gasteiger partial charge in [0.25, 0.3) is 5.91 Å². The van der Waals surface area contributed by atoms with Crippen LogP contribution in [-0.2, 0) is 6.54 Å². The third-order valence-corrected chi connectivity index (χ3v) is 5.43. The summed E-state index contributed by atoms with van der Waals surface area (Å²) in [5, 5.41) is 12.7. The van der Waals surface area contributed by atoms with Gasteiger partial charge in [-0.25, -0.2) is 14.3 Å². The van der Waals surface area contributed by atoms with E-state index in [0.717, 1.165) is 40.8 Å². The molecule has 0 radical (unpaired) electrons. The molecular weight excluding hydrogens is 376 g/mol. The number of benzene rings is 1. The van der Waals surface area contributed by atoms with Gasteiger partial charge in [0.15, 0.2) is 5.65 Å². The third-order valence-electron chi connectivity index (χ3n) is 5.43. The van der Waals surface area contributed by atoms with Gasteiger partial charge in [0.2, 0.25) is 0 Å². The van der Waals surface area contributed by atoms with Crippen LogP contribution in [0.5, 0.6) is 0 Å². The van der Waals surface area contributed by atoms with E-state index in [2.05, 4.69) is 29.4 Å². The largest absolute Gasteiger partial charge is 0.348 e. The number of hydrogen-bond acceptors (Lipinski definition) is 4. The lowest BCUT2D eigenvalue weighted by Gasteiger charge is -2.10. The van der Waals surface area contributed by atoms with E-state index in [4.69, 9.17) is 4.98 Å². The lowest BCUT2D eigenvalue weighted by Crippen LogP contribution is -2.23. The van der Waals surface area contributed by atoms with Gasteiger partial charge in [-0.1, -0.05) is 18.2 Å². The fourth-order valence-electron chi connectivity index (χ4n) is 3.64. The maximum Gasteiger partial charge on any atom is 0.252 e. The number of fused-ring (bicyclic) bond motifs is 1. The molecule has 0 unspecified atom stereocenters. The first-order valence-corrected chi connectivity index (χ1v) is 10.4. The summed E-state index contributed by atoms with van der Waals surface area (Å²) in [6.45, 7) is 4.55. The van der Waals surface area contributed by atoms with Crippen molar-refractivity contribution in [1.82, 2.24) is 29.9 Å². The predicted molar refractivity (Wildman–Crippen MR) is 115 cm³/mol. The molecule has 1 aliphatic rings. The molecule has 1 saturated carbocycles. The van der Waals surface area contributed by atoms with Crippen molar-refractivity contribution < 1.29 is 4.79 Å². The Morgan fingerprint density at radius 1 is 1.17 bits per heavy atom. The minimum atomic E-state index is -0.111. The fourth-order valence-corrected chi connectivity index (χ4v) is 3.64. The van der Waals surface area contributed by atoms with Crippen molar-refractivity contribution >= 4 is 16.9 Å². The molecule has 0 saturated heterocycles. The Bertz CT molecular complexity index is 1200. The third kappa shape index (κ3) is 3.47. The predicted octanol–water partition coefficient (Wildman–Crippen LogP) is 4.01. The van der Waals surface area contributed by atoms with Gasteiger partial charge in [-0.05, 0) is 44.9 Å². The van der Waals surface area contributed by atoms with E-state index in [1.54, 1.807) is 12.4 Å². The van der Waals surface area contributed by atoms with Crippen LogP contribution in [0.3, 0.4) is 0 Å². The second-order valence-electron chi connectivity index (χ2n) is 8.10. The van der Waals surface area contributed by atoms with Crippen molar-refractivity contribution in [3.05, 3.63) is 71.8 Å². The highest BCUT2D eigenvalue weighted by Crippen LogP contribution is 2.40. The van der Waals surface area contributed by atoms with E-state index in [9.17, 15) is 4.79 Å². The summed E-state index contributed by atoms with van der Waals surface area (Å²) >= 11 is 0. The zero-order chi connectivity index (χ0) is 20.7.